The molecule has 1 aliphatic heterocycles. The van der Waals surface area contributed by atoms with Gasteiger partial charge in [-0.15, -0.1) is 0 Å². The van der Waals surface area contributed by atoms with Crippen LogP contribution in [0.5, 0.6) is 0 Å². The van der Waals surface area contributed by atoms with E-state index in [-0.39, 0.29) is 17.6 Å². The molecular weight excluding hydrogens is 541 g/mol. The number of carbonyl (C=O) groups is 1. The number of amides is 1. The summed E-state index contributed by atoms with van der Waals surface area (Å²) in [6, 6.07) is 3.76. The number of carbonyl (C=O) groups excluding carboxylic acids is 1. The van der Waals surface area contributed by atoms with Crippen LogP contribution in [-0.4, -0.2) is 50.3 Å². The van der Waals surface area contributed by atoms with Crippen molar-refractivity contribution in [1.82, 2.24) is 14.3 Å². The van der Waals surface area contributed by atoms with Crippen LogP contribution in [0.3, 0.4) is 0 Å². The summed E-state index contributed by atoms with van der Waals surface area (Å²) in [6.07, 6.45) is 16.8. The molecule has 0 spiro atoms. The number of thiocarbonyl (C=S) groups is 1. The SMILES string of the molecule is CCCCCCCCCCCCN1C(=O)C(=Cc2c(NCCCOC(C)C)nc3ccc(C)cn3c2=O)SC1=S. The fraction of sp³-hybridized carbons (Fsp3) is 0.613. The molecule has 0 radical (unpaired) electrons. The highest BCUT2D eigenvalue weighted by molar-refractivity contribution is 8.26. The maximum atomic E-state index is 13.6. The number of thioether (sulfide) groups is 1. The van der Waals surface area contributed by atoms with Crippen LogP contribution in [0.1, 0.15) is 103 Å². The second kappa shape index (κ2) is 16.9. The second-order valence-electron chi connectivity index (χ2n) is 10.8. The number of aryl methyl sites for hydroxylation is 1. The van der Waals surface area contributed by atoms with Crippen LogP contribution in [0.25, 0.3) is 11.7 Å². The number of unbranched alkanes of at least 4 members (excludes halogenated alkanes) is 9. The van der Waals surface area contributed by atoms with Crippen molar-refractivity contribution in [2.45, 2.75) is 104 Å². The van der Waals surface area contributed by atoms with E-state index in [0.29, 0.717) is 46.0 Å². The smallest absolute Gasteiger partial charge is 0.267 e. The van der Waals surface area contributed by atoms with Crippen molar-refractivity contribution in [2.75, 3.05) is 25.0 Å². The quantitative estimate of drug-likeness (QED) is 0.111. The van der Waals surface area contributed by atoms with Gasteiger partial charge in [-0.3, -0.25) is 18.9 Å². The molecule has 0 saturated carbocycles. The fourth-order valence-corrected chi connectivity index (χ4v) is 5.99. The van der Waals surface area contributed by atoms with Gasteiger partial charge in [0.05, 0.1) is 16.6 Å². The predicted molar refractivity (Wildman–Crippen MR) is 172 cm³/mol. The number of nitrogens with zero attached hydrogens (tertiary/aromatic N) is 3. The zero-order valence-corrected chi connectivity index (χ0v) is 26.3. The van der Waals surface area contributed by atoms with Crippen molar-refractivity contribution >= 4 is 51.7 Å². The van der Waals surface area contributed by atoms with E-state index in [1.54, 1.807) is 21.6 Å². The van der Waals surface area contributed by atoms with Gasteiger partial charge in [-0.1, -0.05) is 94.8 Å². The lowest BCUT2D eigenvalue weighted by atomic mass is 10.1. The number of anilines is 1. The van der Waals surface area contributed by atoms with Gasteiger partial charge in [-0.25, -0.2) is 4.98 Å². The maximum Gasteiger partial charge on any atom is 0.267 e. The summed E-state index contributed by atoms with van der Waals surface area (Å²) in [7, 11) is 0. The lowest BCUT2D eigenvalue weighted by Gasteiger charge is -2.14. The summed E-state index contributed by atoms with van der Waals surface area (Å²) >= 11 is 6.82. The summed E-state index contributed by atoms with van der Waals surface area (Å²) in [4.78, 5) is 33.7. The van der Waals surface area contributed by atoms with E-state index in [4.69, 9.17) is 21.9 Å². The molecule has 9 heteroatoms. The molecule has 2 aromatic rings. The Balaban J connectivity index is 1.65. The Morgan fingerprint density at radius 1 is 1.02 bits per heavy atom. The number of aromatic nitrogens is 2. The van der Waals surface area contributed by atoms with Crippen LogP contribution in [0, 0.1) is 6.92 Å². The molecule has 0 unspecified atom stereocenters. The lowest BCUT2D eigenvalue weighted by Crippen LogP contribution is -2.29. The molecule has 2 aromatic heterocycles. The maximum absolute atomic E-state index is 13.6. The van der Waals surface area contributed by atoms with Crippen molar-refractivity contribution in [3.8, 4) is 0 Å². The topological polar surface area (TPSA) is 75.9 Å². The minimum atomic E-state index is -0.213. The summed E-state index contributed by atoms with van der Waals surface area (Å²) in [5.74, 6) is 0.342. The van der Waals surface area contributed by atoms with E-state index in [1.807, 2.05) is 32.9 Å². The average molecular weight is 587 g/mol. The average Bonchev–Trinajstić information content (AvgIpc) is 3.19. The molecule has 40 heavy (non-hydrogen) atoms. The molecule has 7 nitrogen and oxygen atoms in total. The Bertz CT molecular complexity index is 1230. The van der Waals surface area contributed by atoms with Crippen LogP contribution in [0.15, 0.2) is 28.0 Å². The first kappa shape index (κ1) is 32.3. The number of nitrogens with one attached hydrogen (secondary N) is 1. The molecular formula is C31H46N4O3S2. The third-order valence-corrected chi connectivity index (χ3v) is 8.33. The van der Waals surface area contributed by atoms with Gasteiger partial charge in [-0.05, 0) is 51.3 Å². The monoisotopic (exact) mass is 586 g/mol. The van der Waals surface area contributed by atoms with E-state index in [2.05, 4.69) is 12.2 Å². The van der Waals surface area contributed by atoms with Crippen LogP contribution in [0.4, 0.5) is 5.82 Å². The number of fused-ring (bicyclic) bond motifs is 1. The Labute approximate surface area is 249 Å². The van der Waals surface area contributed by atoms with E-state index in [0.717, 1.165) is 24.8 Å². The number of rotatable bonds is 18. The molecule has 3 heterocycles. The molecule has 0 aromatic carbocycles. The van der Waals surface area contributed by atoms with Gasteiger partial charge in [0.15, 0.2) is 0 Å². The first-order chi connectivity index (χ1) is 19.3. The molecule has 1 amide bonds. The number of hydrogen-bond acceptors (Lipinski definition) is 7. The van der Waals surface area contributed by atoms with Crippen molar-refractivity contribution in [2.24, 2.45) is 0 Å². The van der Waals surface area contributed by atoms with Gasteiger partial charge in [-0.2, -0.15) is 0 Å². The van der Waals surface area contributed by atoms with E-state index < -0.39 is 0 Å². The third kappa shape index (κ3) is 9.70. The van der Waals surface area contributed by atoms with Gasteiger partial charge in [0, 0.05) is 25.9 Å². The first-order valence-corrected chi connectivity index (χ1v) is 16.2. The Hall–Kier alpha value is -2.23. The first-order valence-electron chi connectivity index (χ1n) is 15.0. The van der Waals surface area contributed by atoms with Crippen LogP contribution in [-0.2, 0) is 9.53 Å². The van der Waals surface area contributed by atoms with Gasteiger partial charge in [0.25, 0.3) is 11.5 Å². The molecule has 3 rings (SSSR count). The van der Waals surface area contributed by atoms with Gasteiger partial charge >= 0.3 is 0 Å². The number of pyridine rings is 1. The molecule has 0 aliphatic carbocycles. The normalized spacial score (nSPS) is 14.8. The zero-order valence-electron chi connectivity index (χ0n) is 24.7. The summed E-state index contributed by atoms with van der Waals surface area (Å²) in [6.45, 7) is 10.0. The van der Waals surface area contributed by atoms with E-state index in [1.165, 1.54) is 63.1 Å². The second-order valence-corrected chi connectivity index (χ2v) is 12.5. The van der Waals surface area contributed by atoms with Crippen LogP contribution >= 0.6 is 24.0 Å². The summed E-state index contributed by atoms with van der Waals surface area (Å²) in [5.41, 5.74) is 1.67. The molecule has 1 aliphatic rings. The number of ether oxygens (including phenoxy) is 1. The minimum Gasteiger partial charge on any atom is -0.379 e. The van der Waals surface area contributed by atoms with Crippen molar-refractivity contribution in [3.05, 3.63) is 44.7 Å². The summed E-state index contributed by atoms with van der Waals surface area (Å²) < 4.78 is 7.73. The highest BCUT2D eigenvalue weighted by atomic mass is 32.2. The van der Waals surface area contributed by atoms with E-state index in [9.17, 15) is 9.59 Å². The standard InChI is InChI=1S/C31H46N4O3S2/c1-5-6-7-8-9-10-11-12-13-14-19-34-30(37)26(40-31(34)39)21-25-28(32-18-15-20-38-23(2)3)33-27-17-16-24(4)22-35(27)29(25)36/h16-17,21-23,32H,5-15,18-20H2,1-4H3. The highest BCUT2D eigenvalue weighted by Gasteiger charge is 2.32. The Morgan fingerprint density at radius 3 is 2.38 bits per heavy atom. The van der Waals surface area contributed by atoms with Crippen molar-refractivity contribution in [3.63, 3.8) is 0 Å². The molecule has 1 fully saturated rings. The number of hydrogen-bond donors (Lipinski definition) is 1. The minimum absolute atomic E-state index is 0.129. The fourth-order valence-electron chi connectivity index (χ4n) is 4.70. The highest BCUT2D eigenvalue weighted by Crippen LogP contribution is 2.33. The van der Waals surface area contributed by atoms with Crippen LogP contribution < -0.4 is 10.9 Å². The lowest BCUT2D eigenvalue weighted by molar-refractivity contribution is -0.122. The molecule has 1 saturated heterocycles. The molecule has 0 bridgehead atoms. The van der Waals surface area contributed by atoms with E-state index >= 15 is 0 Å². The Kier molecular flexibility index (Phi) is 13.6. The Morgan fingerprint density at radius 2 is 1.70 bits per heavy atom. The van der Waals surface area contributed by atoms with Crippen molar-refractivity contribution in [1.29, 1.82) is 0 Å². The van der Waals surface area contributed by atoms with Gasteiger partial charge in [0.1, 0.15) is 15.8 Å². The summed E-state index contributed by atoms with van der Waals surface area (Å²) in [5, 5.41) is 3.30. The molecule has 0 atom stereocenters. The zero-order chi connectivity index (χ0) is 28.9. The predicted octanol–water partition coefficient (Wildman–Crippen LogP) is 7.35. The molecule has 1 N–H and O–H groups in total. The van der Waals surface area contributed by atoms with Crippen molar-refractivity contribution < 1.29 is 9.53 Å². The molecule has 220 valence electrons. The van der Waals surface area contributed by atoms with Crippen LogP contribution in [0.2, 0.25) is 0 Å². The largest absolute Gasteiger partial charge is 0.379 e. The van der Waals surface area contributed by atoms with Gasteiger partial charge in [0.2, 0.25) is 0 Å². The third-order valence-electron chi connectivity index (χ3n) is 6.95. The van der Waals surface area contributed by atoms with Gasteiger partial charge < -0.3 is 10.1 Å².